The van der Waals surface area contributed by atoms with Gasteiger partial charge in [0.2, 0.25) is 6.41 Å². The van der Waals surface area contributed by atoms with Crippen LogP contribution in [0.1, 0.15) is 24.6 Å². The molecule has 1 aliphatic heterocycles. The molecule has 3 N–H and O–H groups in total. The molecule has 17 heavy (non-hydrogen) atoms. The molecule has 1 unspecified atom stereocenters. The number of anilines is 1. The van der Waals surface area contributed by atoms with Crippen molar-refractivity contribution in [3.8, 4) is 0 Å². The monoisotopic (exact) mass is 230 g/mol. The Kier molecular flexibility index (Phi) is 2.53. The first-order valence-corrected chi connectivity index (χ1v) is 5.80. The van der Waals surface area contributed by atoms with E-state index < -0.39 is 0 Å². The normalized spacial score (nSPS) is 19.6. The first-order chi connectivity index (χ1) is 8.40. The Morgan fingerprint density at radius 1 is 1.47 bits per heavy atom. The van der Waals surface area contributed by atoms with E-state index in [4.69, 9.17) is 0 Å². The van der Waals surface area contributed by atoms with Crippen molar-refractivity contribution < 1.29 is 4.79 Å². The number of rotatable bonds is 3. The number of carbonyl (C=O) groups is 1. The van der Waals surface area contributed by atoms with Crippen LogP contribution in [0.25, 0.3) is 10.9 Å². The number of nitrogens with one attached hydrogen (secondary N) is 3. The summed E-state index contributed by atoms with van der Waals surface area (Å²) >= 11 is 0. The zero-order valence-electron chi connectivity index (χ0n) is 9.36. The van der Waals surface area contributed by atoms with Crippen molar-refractivity contribution in [2.24, 2.45) is 0 Å². The van der Waals surface area contributed by atoms with Crippen molar-refractivity contribution in [3.63, 3.8) is 0 Å². The number of hydrogen-bond donors (Lipinski definition) is 3. The van der Waals surface area contributed by atoms with Gasteiger partial charge >= 0.3 is 0 Å². The van der Waals surface area contributed by atoms with E-state index in [1.165, 1.54) is 6.42 Å². The number of aromatic nitrogens is 2. The van der Waals surface area contributed by atoms with E-state index in [0.29, 0.717) is 12.5 Å². The highest BCUT2D eigenvalue weighted by atomic mass is 16.1. The topological polar surface area (TPSA) is 69.8 Å². The molecular formula is C12H14N4O. The summed E-state index contributed by atoms with van der Waals surface area (Å²) in [6, 6.07) is 6.17. The van der Waals surface area contributed by atoms with Gasteiger partial charge in [0.25, 0.3) is 0 Å². The summed E-state index contributed by atoms with van der Waals surface area (Å²) < 4.78 is 0. The van der Waals surface area contributed by atoms with E-state index in [0.717, 1.165) is 35.2 Å². The molecule has 2 heterocycles. The van der Waals surface area contributed by atoms with Gasteiger partial charge in [-0.3, -0.25) is 9.89 Å². The largest absolute Gasteiger partial charge is 0.327 e. The summed E-state index contributed by atoms with van der Waals surface area (Å²) in [4.78, 5) is 10.5. The zero-order valence-corrected chi connectivity index (χ0v) is 9.36. The summed E-state index contributed by atoms with van der Waals surface area (Å²) in [6.45, 7) is 1.05. The van der Waals surface area contributed by atoms with Gasteiger partial charge in [-0.15, -0.1) is 0 Å². The van der Waals surface area contributed by atoms with Crippen molar-refractivity contribution in [1.29, 1.82) is 0 Å². The van der Waals surface area contributed by atoms with E-state index in [1.54, 1.807) is 0 Å². The van der Waals surface area contributed by atoms with Crippen molar-refractivity contribution >= 4 is 23.0 Å². The molecular weight excluding hydrogens is 216 g/mol. The second-order valence-electron chi connectivity index (χ2n) is 4.25. The highest BCUT2D eigenvalue weighted by molar-refractivity contribution is 5.95. The average Bonchev–Trinajstić information content (AvgIpc) is 2.97. The number of nitrogens with zero attached hydrogens (tertiary/aromatic N) is 1. The Morgan fingerprint density at radius 2 is 2.41 bits per heavy atom. The van der Waals surface area contributed by atoms with Crippen molar-refractivity contribution in [2.45, 2.75) is 18.9 Å². The minimum atomic E-state index is 0.353. The molecule has 1 atom stereocenters. The fourth-order valence-electron chi connectivity index (χ4n) is 2.43. The number of H-pyrrole nitrogens is 1. The van der Waals surface area contributed by atoms with Crippen LogP contribution in [0, 0.1) is 0 Å². The molecule has 0 bridgehead atoms. The van der Waals surface area contributed by atoms with Crippen LogP contribution in [0.5, 0.6) is 0 Å². The molecule has 1 saturated heterocycles. The first-order valence-electron chi connectivity index (χ1n) is 5.80. The van der Waals surface area contributed by atoms with Crippen LogP contribution in [0.3, 0.4) is 0 Å². The van der Waals surface area contributed by atoms with Crippen LogP contribution in [-0.4, -0.2) is 23.2 Å². The zero-order chi connectivity index (χ0) is 11.7. The lowest BCUT2D eigenvalue weighted by Gasteiger charge is -2.07. The van der Waals surface area contributed by atoms with E-state index in [2.05, 4.69) is 20.8 Å². The second kappa shape index (κ2) is 4.18. The van der Waals surface area contributed by atoms with Gasteiger partial charge in [-0.2, -0.15) is 5.10 Å². The molecule has 1 aliphatic rings. The summed E-state index contributed by atoms with van der Waals surface area (Å²) in [5.41, 5.74) is 2.69. The molecule has 1 aromatic heterocycles. The summed E-state index contributed by atoms with van der Waals surface area (Å²) in [5, 5.41) is 14.6. The highest BCUT2D eigenvalue weighted by Gasteiger charge is 2.21. The minimum absolute atomic E-state index is 0.353. The average molecular weight is 230 g/mol. The lowest BCUT2D eigenvalue weighted by molar-refractivity contribution is -0.105. The van der Waals surface area contributed by atoms with Crippen molar-refractivity contribution in [2.75, 3.05) is 11.9 Å². The highest BCUT2D eigenvalue weighted by Crippen LogP contribution is 2.30. The third-order valence-corrected chi connectivity index (χ3v) is 3.24. The van der Waals surface area contributed by atoms with Gasteiger partial charge in [0.1, 0.15) is 5.52 Å². The SMILES string of the molecule is O=CNc1cccc2c(C3CCCN3)[nH]nc12. The van der Waals surface area contributed by atoms with Gasteiger partial charge in [0.15, 0.2) is 0 Å². The number of para-hydroxylation sites is 1. The maximum atomic E-state index is 10.5. The number of fused-ring (bicyclic) bond motifs is 1. The van der Waals surface area contributed by atoms with E-state index in [9.17, 15) is 4.79 Å². The number of amides is 1. The molecule has 88 valence electrons. The Morgan fingerprint density at radius 3 is 3.18 bits per heavy atom. The number of aromatic amines is 1. The lowest BCUT2D eigenvalue weighted by atomic mass is 10.1. The van der Waals surface area contributed by atoms with Gasteiger partial charge in [-0.05, 0) is 25.5 Å². The smallest absolute Gasteiger partial charge is 0.211 e. The van der Waals surface area contributed by atoms with Gasteiger partial charge in [0.05, 0.1) is 11.4 Å². The fourth-order valence-corrected chi connectivity index (χ4v) is 2.43. The summed E-state index contributed by atoms with van der Waals surface area (Å²) in [5.74, 6) is 0. The second-order valence-corrected chi connectivity index (χ2v) is 4.25. The molecule has 0 aliphatic carbocycles. The predicted molar refractivity (Wildman–Crippen MR) is 65.8 cm³/mol. The Labute approximate surface area is 98.6 Å². The molecule has 0 saturated carbocycles. The first kappa shape index (κ1) is 10.3. The Bertz CT molecular complexity index is 542. The van der Waals surface area contributed by atoms with Crippen LogP contribution in [0.2, 0.25) is 0 Å². The molecule has 1 aromatic carbocycles. The predicted octanol–water partition coefficient (Wildman–Crippen LogP) is 1.56. The summed E-state index contributed by atoms with van der Waals surface area (Å²) in [6.07, 6.45) is 3.00. The van der Waals surface area contributed by atoms with Gasteiger partial charge in [-0.1, -0.05) is 12.1 Å². The van der Waals surface area contributed by atoms with Crippen LogP contribution in [-0.2, 0) is 4.79 Å². The molecule has 2 aromatic rings. The fraction of sp³-hybridized carbons (Fsp3) is 0.333. The van der Waals surface area contributed by atoms with E-state index in [-0.39, 0.29) is 0 Å². The Hall–Kier alpha value is -1.88. The number of benzene rings is 1. The standard InChI is InChI=1S/C12H14N4O/c17-7-14-10-4-1-3-8-11(15-16-12(8)10)9-5-2-6-13-9/h1,3-4,7,9,13H,2,5-6H2,(H,14,17)(H,15,16). The van der Waals surface area contributed by atoms with Crippen LogP contribution >= 0.6 is 0 Å². The molecule has 5 nitrogen and oxygen atoms in total. The minimum Gasteiger partial charge on any atom is -0.327 e. The third-order valence-electron chi connectivity index (χ3n) is 3.24. The lowest BCUT2D eigenvalue weighted by Crippen LogP contribution is -2.13. The third kappa shape index (κ3) is 1.68. The maximum Gasteiger partial charge on any atom is 0.211 e. The molecule has 0 spiro atoms. The van der Waals surface area contributed by atoms with Crippen molar-refractivity contribution in [3.05, 3.63) is 23.9 Å². The molecule has 3 rings (SSSR count). The van der Waals surface area contributed by atoms with Gasteiger partial charge < -0.3 is 10.6 Å². The van der Waals surface area contributed by atoms with E-state index >= 15 is 0 Å². The molecule has 0 radical (unpaired) electrons. The molecule has 1 amide bonds. The quantitative estimate of drug-likeness (QED) is 0.701. The number of hydrogen-bond acceptors (Lipinski definition) is 3. The van der Waals surface area contributed by atoms with Crippen LogP contribution in [0.15, 0.2) is 18.2 Å². The van der Waals surface area contributed by atoms with Crippen molar-refractivity contribution in [1.82, 2.24) is 15.5 Å². The maximum absolute atomic E-state index is 10.5. The van der Waals surface area contributed by atoms with E-state index in [1.807, 2.05) is 18.2 Å². The molecule has 5 heteroatoms. The molecule has 1 fully saturated rings. The number of carbonyl (C=O) groups excluding carboxylic acids is 1. The van der Waals surface area contributed by atoms with Gasteiger partial charge in [0, 0.05) is 11.4 Å². The van der Waals surface area contributed by atoms with Gasteiger partial charge in [-0.25, -0.2) is 0 Å². The summed E-state index contributed by atoms with van der Waals surface area (Å²) in [7, 11) is 0. The Balaban J connectivity index is 2.09. The van der Waals surface area contributed by atoms with Crippen LogP contribution in [0.4, 0.5) is 5.69 Å². The van der Waals surface area contributed by atoms with Crippen LogP contribution < -0.4 is 10.6 Å².